The molecule has 2 amide bonds. The number of carboxylic acid groups (broad SMARTS) is 2. The number of aromatic nitrogens is 1. The lowest BCUT2D eigenvalue weighted by Crippen LogP contribution is -2.53. The van der Waals surface area contributed by atoms with Crippen molar-refractivity contribution >= 4 is 50.2 Å². The van der Waals surface area contributed by atoms with Crippen LogP contribution < -0.4 is 16.0 Å². The molecule has 1 heterocycles. The second kappa shape index (κ2) is 12.9. The van der Waals surface area contributed by atoms with Gasteiger partial charge in [0.2, 0.25) is 5.91 Å². The number of aliphatic carboxylic acids is 2. The summed E-state index contributed by atoms with van der Waals surface area (Å²) < 4.78 is 26.6. The van der Waals surface area contributed by atoms with E-state index in [1.807, 2.05) is 0 Å². The first-order valence-corrected chi connectivity index (χ1v) is 13.7. The molecule has 5 N–H and O–H groups in total. The fourth-order valence-electron chi connectivity index (χ4n) is 3.91. The van der Waals surface area contributed by atoms with Gasteiger partial charge >= 0.3 is 11.9 Å². The van der Waals surface area contributed by atoms with Crippen LogP contribution in [0.15, 0.2) is 66.9 Å². The summed E-state index contributed by atoms with van der Waals surface area (Å²) in [7, 11) is -4.07. The van der Waals surface area contributed by atoms with E-state index < -0.39 is 70.1 Å². The van der Waals surface area contributed by atoms with Gasteiger partial charge in [-0.25, -0.2) is 8.42 Å². The van der Waals surface area contributed by atoms with Crippen LogP contribution in [-0.4, -0.2) is 71.7 Å². The number of nitrogens with one attached hydrogen (secondary N) is 1. The Morgan fingerprint density at radius 1 is 0.974 bits per heavy atom. The number of anilines is 1. The van der Waals surface area contributed by atoms with Crippen LogP contribution in [0.5, 0.6) is 0 Å². The normalized spacial score (nSPS) is 12.8. The van der Waals surface area contributed by atoms with Crippen LogP contribution in [0.2, 0.25) is 0 Å². The van der Waals surface area contributed by atoms with Gasteiger partial charge in [-0.3, -0.25) is 29.1 Å². The molecule has 2 aromatic carbocycles. The van der Waals surface area contributed by atoms with Crippen molar-refractivity contribution in [3.05, 3.63) is 72.4 Å². The van der Waals surface area contributed by atoms with Gasteiger partial charge in [-0.05, 0) is 30.2 Å². The van der Waals surface area contributed by atoms with E-state index in [9.17, 15) is 32.7 Å². The maximum absolute atomic E-state index is 13.6. The molecule has 3 aromatic rings. The molecule has 3 rings (SSSR count). The minimum absolute atomic E-state index is 0.188. The first-order chi connectivity index (χ1) is 18.5. The van der Waals surface area contributed by atoms with Crippen molar-refractivity contribution in [1.29, 1.82) is 0 Å². The second-order valence-electron chi connectivity index (χ2n) is 8.80. The number of fused-ring (bicyclic) bond motifs is 1. The van der Waals surface area contributed by atoms with Crippen molar-refractivity contribution < 1.29 is 37.8 Å². The summed E-state index contributed by atoms with van der Waals surface area (Å²) in [4.78, 5) is 53.8. The van der Waals surface area contributed by atoms with E-state index in [0.717, 1.165) is 10.3 Å². The SMILES string of the molecule is N[C@@H](CCC(=O)N[C@@H](CS(=O)(=O)Cc1cccc2cccnc12)C(=O)N(CC(=O)O)c1ccccc1)C(=O)O. The molecule has 39 heavy (non-hydrogen) atoms. The third-order valence-electron chi connectivity index (χ3n) is 5.77. The predicted molar refractivity (Wildman–Crippen MR) is 142 cm³/mol. The molecule has 0 bridgehead atoms. The van der Waals surface area contributed by atoms with Crippen molar-refractivity contribution in [1.82, 2.24) is 10.3 Å². The Morgan fingerprint density at radius 2 is 1.67 bits per heavy atom. The van der Waals surface area contributed by atoms with Crippen molar-refractivity contribution in [2.75, 3.05) is 17.2 Å². The fraction of sp³-hybridized carbons (Fsp3) is 0.269. The van der Waals surface area contributed by atoms with Gasteiger partial charge in [0.1, 0.15) is 18.6 Å². The number of sulfone groups is 1. The van der Waals surface area contributed by atoms with Crippen LogP contribution in [0.3, 0.4) is 0 Å². The van der Waals surface area contributed by atoms with Gasteiger partial charge in [0.25, 0.3) is 5.91 Å². The number of pyridine rings is 1. The van der Waals surface area contributed by atoms with Gasteiger partial charge in [-0.2, -0.15) is 0 Å². The number of hydrogen-bond donors (Lipinski definition) is 4. The maximum Gasteiger partial charge on any atom is 0.323 e. The monoisotopic (exact) mass is 556 g/mol. The minimum Gasteiger partial charge on any atom is -0.480 e. The third kappa shape index (κ3) is 8.32. The molecular formula is C26H28N4O8S. The molecule has 0 unspecified atom stereocenters. The van der Waals surface area contributed by atoms with Crippen LogP contribution in [0.25, 0.3) is 10.9 Å². The molecule has 206 valence electrons. The first kappa shape index (κ1) is 29.2. The summed E-state index contributed by atoms with van der Waals surface area (Å²) in [5.74, 6) is -5.77. The number of nitrogens with zero attached hydrogens (tertiary/aromatic N) is 2. The lowest BCUT2D eigenvalue weighted by molar-refractivity contribution is -0.139. The second-order valence-corrected chi connectivity index (χ2v) is 10.9. The number of benzene rings is 2. The van der Waals surface area contributed by atoms with Crippen LogP contribution in [0.4, 0.5) is 5.69 Å². The van der Waals surface area contributed by atoms with E-state index in [-0.39, 0.29) is 12.1 Å². The quantitative estimate of drug-likeness (QED) is 0.235. The first-order valence-electron chi connectivity index (χ1n) is 11.9. The summed E-state index contributed by atoms with van der Waals surface area (Å²) in [5, 5.41) is 21.4. The van der Waals surface area contributed by atoms with Crippen molar-refractivity contribution in [2.45, 2.75) is 30.7 Å². The molecule has 0 spiro atoms. The van der Waals surface area contributed by atoms with Crippen LogP contribution >= 0.6 is 0 Å². The summed E-state index contributed by atoms with van der Waals surface area (Å²) in [6, 6.07) is 13.3. The van der Waals surface area contributed by atoms with Crippen LogP contribution in [-0.2, 0) is 34.8 Å². The van der Waals surface area contributed by atoms with E-state index in [0.29, 0.717) is 11.1 Å². The highest BCUT2D eigenvalue weighted by molar-refractivity contribution is 7.90. The van der Waals surface area contributed by atoms with Gasteiger partial charge in [0.15, 0.2) is 9.84 Å². The Bertz CT molecular complexity index is 1460. The number of nitrogens with two attached hydrogens (primary N) is 1. The largest absolute Gasteiger partial charge is 0.480 e. The van der Waals surface area contributed by atoms with Crippen molar-refractivity contribution in [3.8, 4) is 0 Å². The molecule has 13 heteroatoms. The van der Waals surface area contributed by atoms with E-state index in [2.05, 4.69) is 10.3 Å². The van der Waals surface area contributed by atoms with Crippen LogP contribution in [0, 0.1) is 0 Å². The van der Waals surface area contributed by atoms with Gasteiger partial charge in [-0.15, -0.1) is 0 Å². The Morgan fingerprint density at radius 3 is 2.33 bits per heavy atom. The molecule has 0 aliphatic heterocycles. The Kier molecular flexibility index (Phi) is 9.68. The molecule has 0 saturated heterocycles. The molecule has 0 aliphatic rings. The number of carbonyl (C=O) groups excluding carboxylic acids is 2. The fourth-order valence-corrected chi connectivity index (χ4v) is 5.47. The molecule has 0 fully saturated rings. The standard InChI is InChI=1S/C26H28N4O8S/c27-20(26(35)36)11-12-22(31)29-21(25(34)30(14-23(32)33)19-9-2-1-3-10-19)16-39(37,38)15-18-7-4-6-17-8-5-13-28-24(17)18/h1-10,13,20-21H,11-12,14-16,27H2,(H,29,31)(H,32,33)(H,35,36)/t20-,21-/m0/s1. The number of carboxylic acids is 2. The number of para-hydroxylation sites is 2. The molecule has 1 aromatic heterocycles. The molecule has 12 nitrogen and oxygen atoms in total. The zero-order chi connectivity index (χ0) is 28.6. The van der Waals surface area contributed by atoms with Gasteiger partial charge in [-0.1, -0.05) is 42.5 Å². The summed E-state index contributed by atoms with van der Waals surface area (Å²) in [6.45, 7) is -0.785. The van der Waals surface area contributed by atoms with E-state index in [1.165, 1.54) is 18.3 Å². The van der Waals surface area contributed by atoms with E-state index in [1.54, 1.807) is 48.5 Å². The lowest BCUT2D eigenvalue weighted by atomic mass is 10.1. The highest BCUT2D eigenvalue weighted by Gasteiger charge is 2.33. The number of rotatable bonds is 13. The average molecular weight is 557 g/mol. The molecule has 0 radical (unpaired) electrons. The number of amides is 2. The molecule has 2 atom stereocenters. The molecule has 0 aliphatic carbocycles. The van der Waals surface area contributed by atoms with E-state index in [4.69, 9.17) is 10.8 Å². The Hall–Kier alpha value is -4.36. The number of hydrogen-bond acceptors (Lipinski definition) is 8. The summed E-state index contributed by atoms with van der Waals surface area (Å²) in [6.07, 6.45) is 0.874. The third-order valence-corrected chi connectivity index (χ3v) is 7.36. The summed E-state index contributed by atoms with van der Waals surface area (Å²) in [5.41, 5.74) is 6.49. The van der Waals surface area contributed by atoms with Crippen LogP contribution in [0.1, 0.15) is 18.4 Å². The Balaban J connectivity index is 1.91. The molecule has 0 saturated carbocycles. The zero-order valence-corrected chi connectivity index (χ0v) is 21.6. The highest BCUT2D eigenvalue weighted by atomic mass is 32.2. The lowest BCUT2D eigenvalue weighted by Gasteiger charge is -2.27. The topological polar surface area (TPSA) is 197 Å². The predicted octanol–water partition coefficient (Wildman–Crippen LogP) is 0.944. The van der Waals surface area contributed by atoms with Gasteiger partial charge in [0, 0.05) is 23.7 Å². The Labute approximate surface area is 224 Å². The zero-order valence-electron chi connectivity index (χ0n) is 20.8. The van der Waals surface area contributed by atoms with E-state index >= 15 is 0 Å². The maximum atomic E-state index is 13.6. The minimum atomic E-state index is -4.07. The van der Waals surface area contributed by atoms with Gasteiger partial charge < -0.3 is 21.3 Å². The molecular weight excluding hydrogens is 528 g/mol. The van der Waals surface area contributed by atoms with Crippen molar-refractivity contribution in [2.24, 2.45) is 5.73 Å². The number of carbonyl (C=O) groups is 4. The smallest absolute Gasteiger partial charge is 0.323 e. The van der Waals surface area contributed by atoms with Crippen molar-refractivity contribution in [3.63, 3.8) is 0 Å². The summed E-state index contributed by atoms with van der Waals surface area (Å²) >= 11 is 0. The highest BCUT2D eigenvalue weighted by Crippen LogP contribution is 2.20. The van der Waals surface area contributed by atoms with Gasteiger partial charge in [0.05, 0.1) is 17.0 Å². The average Bonchev–Trinajstić information content (AvgIpc) is 2.89.